The molecule has 25 heavy (non-hydrogen) atoms. The maximum atomic E-state index is 12.1. The number of carbonyl (C=O) groups is 1. The van der Waals surface area contributed by atoms with E-state index >= 15 is 0 Å². The number of hydrogen-bond acceptors (Lipinski definition) is 4. The smallest absolute Gasteiger partial charge is 0.251 e. The van der Waals surface area contributed by atoms with Crippen LogP contribution in [0.2, 0.25) is 0 Å². The van der Waals surface area contributed by atoms with E-state index in [0.29, 0.717) is 24.2 Å². The topological polar surface area (TPSA) is 101 Å². The lowest BCUT2D eigenvalue weighted by Crippen LogP contribution is -2.30. The Morgan fingerprint density at radius 3 is 2.20 bits per heavy atom. The first kappa shape index (κ1) is 19.0. The van der Waals surface area contributed by atoms with Crippen molar-refractivity contribution >= 4 is 21.6 Å². The fourth-order valence-electron chi connectivity index (χ4n) is 2.27. The van der Waals surface area contributed by atoms with Crippen molar-refractivity contribution in [3.05, 3.63) is 59.7 Å². The van der Waals surface area contributed by atoms with Gasteiger partial charge in [0.15, 0.2) is 0 Å². The molecule has 0 aliphatic rings. The van der Waals surface area contributed by atoms with Gasteiger partial charge in [0.2, 0.25) is 10.0 Å². The molecule has 0 bridgehead atoms. The Labute approximate surface area is 148 Å². The third kappa shape index (κ3) is 5.58. The summed E-state index contributed by atoms with van der Waals surface area (Å²) in [5.41, 5.74) is 7.83. The fraction of sp³-hybridized carbons (Fsp3) is 0.278. The Morgan fingerprint density at radius 1 is 1.04 bits per heavy atom. The summed E-state index contributed by atoms with van der Waals surface area (Å²) in [6.07, 6.45) is 0.691. The molecule has 0 aliphatic heterocycles. The zero-order valence-corrected chi connectivity index (χ0v) is 15.1. The van der Waals surface area contributed by atoms with E-state index in [0.717, 1.165) is 5.56 Å². The van der Waals surface area contributed by atoms with Gasteiger partial charge in [-0.15, -0.1) is 0 Å². The molecule has 0 spiro atoms. The highest BCUT2D eigenvalue weighted by Gasteiger charge is 2.15. The van der Waals surface area contributed by atoms with Gasteiger partial charge in [0, 0.05) is 23.8 Å². The normalized spacial score (nSPS) is 11.5. The van der Waals surface area contributed by atoms with Crippen LogP contribution in [0.5, 0.6) is 0 Å². The first-order valence-corrected chi connectivity index (χ1v) is 9.51. The van der Waals surface area contributed by atoms with Gasteiger partial charge >= 0.3 is 0 Å². The molecule has 0 radical (unpaired) electrons. The molecular formula is C18H23N3O3S. The van der Waals surface area contributed by atoms with Crippen molar-refractivity contribution in [2.24, 2.45) is 0 Å². The molecule has 1 amide bonds. The van der Waals surface area contributed by atoms with Crippen molar-refractivity contribution in [1.82, 2.24) is 10.0 Å². The number of nitrogens with two attached hydrogens (primary N) is 1. The molecule has 0 aromatic heterocycles. The molecule has 0 unspecified atom stereocenters. The SMILES string of the molecule is CC(C)NS(=O)(=O)c1ccc(C(=O)NCCc2ccc(N)cc2)cc1. The van der Waals surface area contributed by atoms with Gasteiger partial charge in [-0.3, -0.25) is 4.79 Å². The predicted octanol–water partition coefficient (Wildman–Crippen LogP) is 1.93. The summed E-state index contributed by atoms with van der Waals surface area (Å²) in [6, 6.07) is 13.2. The van der Waals surface area contributed by atoms with E-state index in [9.17, 15) is 13.2 Å². The summed E-state index contributed by atoms with van der Waals surface area (Å²) in [4.78, 5) is 12.3. The molecule has 0 fully saturated rings. The van der Waals surface area contributed by atoms with E-state index < -0.39 is 10.0 Å². The zero-order valence-electron chi connectivity index (χ0n) is 14.3. The molecule has 6 nitrogen and oxygen atoms in total. The van der Waals surface area contributed by atoms with Crippen LogP contribution in [0.3, 0.4) is 0 Å². The number of rotatable bonds is 7. The largest absolute Gasteiger partial charge is 0.399 e. The van der Waals surface area contributed by atoms with Crippen LogP contribution in [0, 0.1) is 0 Å². The second-order valence-electron chi connectivity index (χ2n) is 6.05. The van der Waals surface area contributed by atoms with Crippen molar-refractivity contribution in [3.8, 4) is 0 Å². The number of nitrogen functional groups attached to an aromatic ring is 1. The standard InChI is InChI=1S/C18H23N3O3S/c1-13(2)21-25(23,24)17-9-5-15(6-10-17)18(22)20-12-11-14-3-7-16(19)8-4-14/h3-10,13,21H,11-12,19H2,1-2H3,(H,20,22). The molecule has 4 N–H and O–H groups in total. The molecule has 7 heteroatoms. The second-order valence-corrected chi connectivity index (χ2v) is 7.76. The van der Waals surface area contributed by atoms with E-state index in [4.69, 9.17) is 5.73 Å². The van der Waals surface area contributed by atoms with Crippen molar-refractivity contribution < 1.29 is 13.2 Å². The molecular weight excluding hydrogens is 338 g/mol. The maximum absolute atomic E-state index is 12.1. The third-order valence-corrected chi connectivity index (χ3v) is 5.17. The second kappa shape index (κ2) is 8.13. The number of benzene rings is 2. The number of nitrogens with one attached hydrogen (secondary N) is 2. The number of carbonyl (C=O) groups excluding carboxylic acids is 1. The molecule has 0 saturated heterocycles. The minimum Gasteiger partial charge on any atom is -0.399 e. The first-order chi connectivity index (χ1) is 11.8. The number of anilines is 1. The Balaban J connectivity index is 1.93. The summed E-state index contributed by atoms with van der Waals surface area (Å²) in [6.45, 7) is 3.98. The van der Waals surface area contributed by atoms with Gasteiger partial charge in [0.25, 0.3) is 5.91 Å². The zero-order chi connectivity index (χ0) is 18.4. The van der Waals surface area contributed by atoms with Gasteiger partial charge in [-0.2, -0.15) is 0 Å². The van der Waals surface area contributed by atoms with Crippen LogP contribution in [0.15, 0.2) is 53.4 Å². The number of hydrogen-bond donors (Lipinski definition) is 3. The molecule has 2 aromatic rings. The van der Waals surface area contributed by atoms with Crippen LogP contribution in [0.4, 0.5) is 5.69 Å². The van der Waals surface area contributed by atoms with Crippen LogP contribution in [-0.4, -0.2) is 26.9 Å². The highest BCUT2D eigenvalue weighted by molar-refractivity contribution is 7.89. The molecule has 0 saturated carbocycles. The Hall–Kier alpha value is -2.38. The van der Waals surface area contributed by atoms with Crippen molar-refractivity contribution in [3.63, 3.8) is 0 Å². The molecule has 134 valence electrons. The Bertz CT molecular complexity index is 814. The van der Waals surface area contributed by atoms with Crippen molar-refractivity contribution in [2.45, 2.75) is 31.2 Å². The van der Waals surface area contributed by atoms with Crippen LogP contribution in [-0.2, 0) is 16.4 Å². The van der Waals surface area contributed by atoms with E-state index in [1.807, 2.05) is 24.3 Å². The summed E-state index contributed by atoms with van der Waals surface area (Å²) < 4.78 is 26.6. The Kier molecular flexibility index (Phi) is 6.17. The quantitative estimate of drug-likeness (QED) is 0.656. The third-order valence-electron chi connectivity index (χ3n) is 3.50. The van der Waals surface area contributed by atoms with Crippen molar-refractivity contribution in [1.29, 1.82) is 0 Å². The fourth-order valence-corrected chi connectivity index (χ4v) is 3.52. The summed E-state index contributed by atoms with van der Waals surface area (Å²) in [7, 11) is -3.55. The van der Waals surface area contributed by atoms with Gasteiger partial charge in [0.05, 0.1) is 4.90 Å². The average molecular weight is 361 g/mol. The van der Waals surface area contributed by atoms with E-state index in [-0.39, 0.29) is 16.8 Å². The van der Waals surface area contributed by atoms with Crippen LogP contribution in [0.1, 0.15) is 29.8 Å². The van der Waals surface area contributed by atoms with E-state index in [1.165, 1.54) is 24.3 Å². The lowest BCUT2D eigenvalue weighted by molar-refractivity contribution is 0.0954. The van der Waals surface area contributed by atoms with Gasteiger partial charge < -0.3 is 11.1 Å². The maximum Gasteiger partial charge on any atom is 0.251 e. The number of amides is 1. The van der Waals surface area contributed by atoms with E-state index in [2.05, 4.69) is 10.0 Å². The minimum absolute atomic E-state index is 0.139. The summed E-state index contributed by atoms with van der Waals surface area (Å²) in [5.74, 6) is -0.240. The average Bonchev–Trinajstić information content (AvgIpc) is 2.55. The summed E-state index contributed by atoms with van der Waals surface area (Å²) in [5, 5.41) is 2.82. The van der Waals surface area contributed by atoms with Gasteiger partial charge in [-0.25, -0.2) is 13.1 Å². The lowest BCUT2D eigenvalue weighted by atomic mass is 10.1. The number of sulfonamides is 1. The van der Waals surface area contributed by atoms with Crippen LogP contribution >= 0.6 is 0 Å². The molecule has 0 heterocycles. The van der Waals surface area contributed by atoms with Crippen LogP contribution < -0.4 is 15.8 Å². The molecule has 2 rings (SSSR count). The lowest BCUT2D eigenvalue weighted by Gasteiger charge is -2.10. The van der Waals surface area contributed by atoms with Gasteiger partial charge in [-0.05, 0) is 62.2 Å². The monoisotopic (exact) mass is 361 g/mol. The molecule has 0 aliphatic carbocycles. The highest BCUT2D eigenvalue weighted by Crippen LogP contribution is 2.11. The molecule has 0 atom stereocenters. The predicted molar refractivity (Wildman–Crippen MR) is 98.8 cm³/mol. The van der Waals surface area contributed by atoms with Crippen LogP contribution in [0.25, 0.3) is 0 Å². The summed E-state index contributed by atoms with van der Waals surface area (Å²) >= 11 is 0. The minimum atomic E-state index is -3.55. The van der Waals surface area contributed by atoms with Crippen molar-refractivity contribution in [2.75, 3.05) is 12.3 Å². The van der Waals surface area contributed by atoms with Gasteiger partial charge in [0.1, 0.15) is 0 Å². The first-order valence-electron chi connectivity index (χ1n) is 8.03. The van der Waals surface area contributed by atoms with E-state index in [1.54, 1.807) is 13.8 Å². The Morgan fingerprint density at radius 2 is 1.64 bits per heavy atom. The highest BCUT2D eigenvalue weighted by atomic mass is 32.2. The molecule has 2 aromatic carbocycles. The van der Waals surface area contributed by atoms with Gasteiger partial charge in [-0.1, -0.05) is 12.1 Å².